The minimum absolute atomic E-state index is 0.134. The van der Waals surface area contributed by atoms with E-state index >= 15 is 0 Å². The van der Waals surface area contributed by atoms with E-state index in [1.807, 2.05) is 48.5 Å². The fraction of sp³-hybridized carbons (Fsp3) is 0.207. The zero-order valence-corrected chi connectivity index (χ0v) is 20.3. The van der Waals surface area contributed by atoms with E-state index in [0.717, 1.165) is 16.7 Å². The summed E-state index contributed by atoms with van der Waals surface area (Å²) in [7, 11) is 0. The molecule has 3 aromatic rings. The van der Waals surface area contributed by atoms with E-state index < -0.39 is 11.9 Å². The van der Waals surface area contributed by atoms with Gasteiger partial charge in [0.25, 0.3) is 5.91 Å². The number of nitrogens with zero attached hydrogens (tertiary/aromatic N) is 1. The molecule has 0 aromatic heterocycles. The Hall–Kier alpha value is -4.77. The molecule has 0 bridgehead atoms. The Morgan fingerprint density at radius 1 is 0.865 bits per heavy atom. The van der Waals surface area contributed by atoms with Crippen LogP contribution in [0.25, 0.3) is 11.1 Å². The van der Waals surface area contributed by atoms with Gasteiger partial charge in [-0.2, -0.15) is 5.26 Å². The van der Waals surface area contributed by atoms with Gasteiger partial charge >= 0.3 is 0 Å². The van der Waals surface area contributed by atoms with E-state index in [0.29, 0.717) is 23.8 Å². The molecule has 3 amide bonds. The van der Waals surface area contributed by atoms with Crippen molar-refractivity contribution < 1.29 is 19.2 Å². The third kappa shape index (κ3) is 8.44. The fourth-order valence-corrected chi connectivity index (χ4v) is 3.66. The molecule has 0 spiro atoms. The minimum atomic E-state index is -0.972. The smallest absolute Gasteiger partial charge is 0.251 e. The molecule has 188 valence electrons. The third-order valence-corrected chi connectivity index (χ3v) is 5.65. The number of carbonyl (C=O) groups excluding carboxylic acids is 4. The summed E-state index contributed by atoms with van der Waals surface area (Å²) in [6.45, 7) is 0.302. The lowest BCUT2D eigenvalue weighted by Crippen LogP contribution is -2.48. The zero-order chi connectivity index (χ0) is 26.5. The monoisotopic (exact) mass is 496 g/mol. The number of rotatable bonds is 12. The standard InChI is InChI=1S/C29H28N4O4/c30-20-22-9-12-23(13-10-22)24-7-4-8-25(19-24)28(36)31-16-17-32-29(37)26(15-18-34)33-27(35)14-11-21-5-2-1-3-6-21/h1-10,12-13,18-19,26H,11,14-17H2,(H,31,36)(H,32,37)(H,33,35). The molecule has 0 aliphatic rings. The molecule has 3 aromatic carbocycles. The first kappa shape index (κ1) is 26.8. The molecule has 0 fully saturated rings. The van der Waals surface area contributed by atoms with Crippen molar-refractivity contribution in [2.24, 2.45) is 0 Å². The van der Waals surface area contributed by atoms with Gasteiger partial charge in [-0.05, 0) is 47.4 Å². The summed E-state index contributed by atoms with van der Waals surface area (Å²) in [6, 6.07) is 24.8. The summed E-state index contributed by atoms with van der Waals surface area (Å²) in [6.07, 6.45) is 1.17. The van der Waals surface area contributed by atoms with Gasteiger partial charge in [-0.3, -0.25) is 14.4 Å². The van der Waals surface area contributed by atoms with Crippen LogP contribution >= 0.6 is 0 Å². The number of hydrogen-bond acceptors (Lipinski definition) is 5. The van der Waals surface area contributed by atoms with Gasteiger partial charge in [0.05, 0.1) is 11.6 Å². The maximum atomic E-state index is 12.6. The normalized spacial score (nSPS) is 11.0. The molecule has 0 aliphatic heterocycles. The molecule has 0 saturated heterocycles. The number of benzene rings is 3. The number of nitrogens with one attached hydrogen (secondary N) is 3. The van der Waals surface area contributed by atoms with Crippen LogP contribution in [0.5, 0.6) is 0 Å². The van der Waals surface area contributed by atoms with Gasteiger partial charge in [-0.1, -0.05) is 54.6 Å². The average Bonchev–Trinajstić information content (AvgIpc) is 2.94. The summed E-state index contributed by atoms with van der Waals surface area (Å²) in [5.74, 6) is -1.11. The Balaban J connectivity index is 1.45. The molecule has 0 heterocycles. The van der Waals surface area contributed by atoms with Crippen molar-refractivity contribution in [2.45, 2.75) is 25.3 Å². The molecule has 0 saturated carbocycles. The van der Waals surface area contributed by atoms with E-state index in [1.165, 1.54) is 0 Å². The zero-order valence-electron chi connectivity index (χ0n) is 20.3. The van der Waals surface area contributed by atoms with Gasteiger partial charge in [-0.15, -0.1) is 0 Å². The van der Waals surface area contributed by atoms with Crippen LogP contribution in [0.2, 0.25) is 0 Å². The molecule has 3 N–H and O–H groups in total. The van der Waals surface area contributed by atoms with Crippen molar-refractivity contribution in [3.63, 3.8) is 0 Å². The molecule has 1 unspecified atom stereocenters. The molecular weight excluding hydrogens is 468 g/mol. The van der Waals surface area contributed by atoms with Gasteiger partial charge in [0, 0.05) is 31.5 Å². The summed E-state index contributed by atoms with van der Waals surface area (Å²) < 4.78 is 0. The van der Waals surface area contributed by atoms with Crippen LogP contribution in [0.4, 0.5) is 0 Å². The number of carbonyl (C=O) groups is 4. The van der Waals surface area contributed by atoms with E-state index in [-0.39, 0.29) is 37.7 Å². The second-order valence-electron chi connectivity index (χ2n) is 8.32. The van der Waals surface area contributed by atoms with Crippen molar-refractivity contribution in [1.29, 1.82) is 5.26 Å². The lowest BCUT2D eigenvalue weighted by atomic mass is 10.0. The first-order valence-corrected chi connectivity index (χ1v) is 11.9. The number of hydrogen-bond donors (Lipinski definition) is 3. The van der Waals surface area contributed by atoms with Crippen LogP contribution in [0.1, 0.15) is 34.3 Å². The highest BCUT2D eigenvalue weighted by Crippen LogP contribution is 2.21. The van der Waals surface area contributed by atoms with E-state index in [2.05, 4.69) is 22.0 Å². The van der Waals surface area contributed by atoms with Crippen LogP contribution in [-0.2, 0) is 20.8 Å². The molecule has 8 heteroatoms. The van der Waals surface area contributed by atoms with Crippen molar-refractivity contribution in [3.8, 4) is 17.2 Å². The minimum Gasteiger partial charge on any atom is -0.353 e. The molecule has 8 nitrogen and oxygen atoms in total. The summed E-state index contributed by atoms with van der Waals surface area (Å²) in [5.41, 5.74) is 3.74. The summed E-state index contributed by atoms with van der Waals surface area (Å²) in [4.78, 5) is 48.3. The molecule has 0 aliphatic carbocycles. The van der Waals surface area contributed by atoms with Crippen LogP contribution in [0, 0.1) is 11.3 Å². The van der Waals surface area contributed by atoms with Crippen LogP contribution in [0.3, 0.4) is 0 Å². The predicted molar refractivity (Wildman–Crippen MR) is 139 cm³/mol. The molecular formula is C29H28N4O4. The Kier molecular flexibility index (Phi) is 10.1. The predicted octanol–water partition coefficient (Wildman–Crippen LogP) is 2.78. The van der Waals surface area contributed by atoms with Crippen LogP contribution in [-0.4, -0.2) is 43.1 Å². The lowest BCUT2D eigenvalue weighted by Gasteiger charge is -2.16. The summed E-state index contributed by atoms with van der Waals surface area (Å²) >= 11 is 0. The van der Waals surface area contributed by atoms with Crippen molar-refractivity contribution in [2.75, 3.05) is 13.1 Å². The van der Waals surface area contributed by atoms with E-state index in [1.54, 1.807) is 30.3 Å². The van der Waals surface area contributed by atoms with Gasteiger partial charge in [0.15, 0.2) is 0 Å². The first-order chi connectivity index (χ1) is 18.0. The van der Waals surface area contributed by atoms with E-state index in [4.69, 9.17) is 5.26 Å². The largest absolute Gasteiger partial charge is 0.353 e. The maximum Gasteiger partial charge on any atom is 0.251 e. The Morgan fingerprint density at radius 3 is 2.30 bits per heavy atom. The Morgan fingerprint density at radius 2 is 1.59 bits per heavy atom. The van der Waals surface area contributed by atoms with Crippen LogP contribution in [0.15, 0.2) is 78.9 Å². The Labute approximate surface area is 215 Å². The summed E-state index contributed by atoms with van der Waals surface area (Å²) in [5, 5.41) is 16.9. The number of aldehydes is 1. The molecule has 37 heavy (non-hydrogen) atoms. The fourth-order valence-electron chi connectivity index (χ4n) is 3.66. The van der Waals surface area contributed by atoms with Gasteiger partial charge < -0.3 is 20.7 Å². The third-order valence-electron chi connectivity index (χ3n) is 5.65. The number of aryl methyl sites for hydroxylation is 1. The SMILES string of the molecule is N#Cc1ccc(-c2cccc(C(=O)NCCNC(=O)C(CC=O)NC(=O)CCc3ccccc3)c2)cc1. The average molecular weight is 497 g/mol. The van der Waals surface area contributed by atoms with Crippen molar-refractivity contribution in [1.82, 2.24) is 16.0 Å². The number of nitriles is 1. The quantitative estimate of drug-likeness (QED) is 0.262. The van der Waals surface area contributed by atoms with Gasteiger partial charge in [-0.25, -0.2) is 0 Å². The molecule has 3 rings (SSSR count). The maximum absolute atomic E-state index is 12.6. The second-order valence-corrected chi connectivity index (χ2v) is 8.32. The Bertz CT molecular complexity index is 1270. The first-order valence-electron chi connectivity index (χ1n) is 11.9. The van der Waals surface area contributed by atoms with Crippen LogP contribution < -0.4 is 16.0 Å². The van der Waals surface area contributed by atoms with Crippen molar-refractivity contribution >= 4 is 24.0 Å². The van der Waals surface area contributed by atoms with Gasteiger partial charge in [0.2, 0.25) is 11.8 Å². The van der Waals surface area contributed by atoms with Crippen molar-refractivity contribution in [3.05, 3.63) is 95.6 Å². The number of amides is 3. The van der Waals surface area contributed by atoms with E-state index in [9.17, 15) is 19.2 Å². The molecule has 1 atom stereocenters. The highest BCUT2D eigenvalue weighted by Gasteiger charge is 2.20. The second kappa shape index (κ2) is 14.0. The van der Waals surface area contributed by atoms with Gasteiger partial charge in [0.1, 0.15) is 12.3 Å². The lowest BCUT2D eigenvalue weighted by molar-refractivity contribution is -0.129. The topological polar surface area (TPSA) is 128 Å². The highest BCUT2D eigenvalue weighted by molar-refractivity contribution is 5.95. The molecule has 0 radical (unpaired) electrons. The highest BCUT2D eigenvalue weighted by atomic mass is 16.2.